The molecule has 2 nitrogen and oxygen atoms in total. The Balaban J connectivity index is 2.32. The van der Waals surface area contributed by atoms with Crippen LogP contribution in [-0.4, -0.2) is 18.6 Å². The van der Waals surface area contributed by atoms with Crippen LogP contribution in [0.4, 0.5) is 0 Å². The van der Waals surface area contributed by atoms with Gasteiger partial charge in [-0.2, -0.15) is 0 Å². The van der Waals surface area contributed by atoms with Gasteiger partial charge in [0, 0.05) is 19.8 Å². The summed E-state index contributed by atoms with van der Waals surface area (Å²) in [4.78, 5) is 0. The lowest BCUT2D eigenvalue weighted by Crippen LogP contribution is -2.31. The van der Waals surface area contributed by atoms with Gasteiger partial charge in [0.05, 0.1) is 0 Å². The van der Waals surface area contributed by atoms with E-state index < -0.39 is 0 Å². The first kappa shape index (κ1) is 5.63. The van der Waals surface area contributed by atoms with Crippen molar-refractivity contribution in [3.05, 3.63) is 12.3 Å². The monoisotopic (exact) mass is 112 g/mol. The zero-order valence-electron chi connectivity index (χ0n) is 5.22. The topological polar surface area (TPSA) is 15.3 Å². The quantitative estimate of drug-likeness (QED) is 0.538. The smallest absolute Gasteiger partial charge is 0.0340 e. The highest BCUT2D eigenvalue weighted by atomic mass is 15.5. The Bertz CT molecular complexity index is 88.5. The number of allylic oxidation sites excluding steroid dienone is 1. The average molecular weight is 112 g/mol. The van der Waals surface area contributed by atoms with Gasteiger partial charge in [-0.15, -0.1) is 0 Å². The van der Waals surface area contributed by atoms with Crippen LogP contribution in [0.5, 0.6) is 0 Å². The molecule has 8 heavy (non-hydrogen) atoms. The highest BCUT2D eigenvalue weighted by Crippen LogP contribution is 2.00. The maximum atomic E-state index is 3.05. The van der Waals surface area contributed by atoms with Gasteiger partial charge >= 0.3 is 0 Å². The van der Waals surface area contributed by atoms with E-state index in [0.29, 0.717) is 0 Å². The molecule has 0 aromatic carbocycles. The third-order valence-electron chi connectivity index (χ3n) is 1.34. The molecule has 0 radical (unpaired) electrons. The van der Waals surface area contributed by atoms with Gasteiger partial charge in [-0.05, 0) is 12.8 Å². The molecule has 1 N–H and O–H groups in total. The summed E-state index contributed by atoms with van der Waals surface area (Å²) in [5.41, 5.74) is 3.05. The van der Waals surface area contributed by atoms with E-state index in [1.54, 1.807) is 0 Å². The van der Waals surface area contributed by atoms with Gasteiger partial charge in [-0.1, -0.05) is 6.08 Å². The summed E-state index contributed by atoms with van der Waals surface area (Å²) in [6.45, 7) is 1.15. The number of hydrogen-bond donors (Lipinski definition) is 1. The highest BCUT2D eigenvalue weighted by molar-refractivity contribution is 4.84. The average Bonchev–Trinajstić information content (AvgIpc) is 1.90. The van der Waals surface area contributed by atoms with Crippen molar-refractivity contribution in [2.75, 3.05) is 13.6 Å². The third kappa shape index (κ3) is 1.23. The molecule has 0 fully saturated rings. The van der Waals surface area contributed by atoms with Gasteiger partial charge in [-0.25, -0.2) is 5.43 Å². The summed E-state index contributed by atoms with van der Waals surface area (Å²) in [6, 6.07) is 0. The molecular formula is C6H12N2. The molecule has 1 aliphatic heterocycles. The predicted octanol–water partition coefficient (Wildman–Crippen LogP) is 0.730. The lowest BCUT2D eigenvalue weighted by Gasteiger charge is -2.21. The second-order valence-corrected chi connectivity index (χ2v) is 1.94. The third-order valence-corrected chi connectivity index (χ3v) is 1.34. The second-order valence-electron chi connectivity index (χ2n) is 1.94. The summed E-state index contributed by atoms with van der Waals surface area (Å²) in [6.07, 6.45) is 6.78. The van der Waals surface area contributed by atoms with Gasteiger partial charge in [0.1, 0.15) is 0 Å². The molecule has 0 amide bonds. The second kappa shape index (κ2) is 2.72. The van der Waals surface area contributed by atoms with Crippen LogP contribution >= 0.6 is 0 Å². The van der Waals surface area contributed by atoms with E-state index in [0.717, 1.165) is 6.54 Å². The van der Waals surface area contributed by atoms with Crippen molar-refractivity contribution in [1.82, 2.24) is 10.4 Å². The largest absolute Gasteiger partial charge is 0.316 e. The van der Waals surface area contributed by atoms with Crippen molar-refractivity contribution in [3.63, 3.8) is 0 Å². The van der Waals surface area contributed by atoms with Crippen LogP contribution in [0.1, 0.15) is 12.8 Å². The fourth-order valence-corrected chi connectivity index (χ4v) is 0.842. The van der Waals surface area contributed by atoms with E-state index in [-0.39, 0.29) is 0 Å². The number of nitrogens with zero attached hydrogens (tertiary/aromatic N) is 1. The normalized spacial score (nSPS) is 19.4. The lowest BCUT2D eigenvalue weighted by atomic mass is 10.2. The molecule has 0 saturated carbocycles. The Labute approximate surface area is 50.1 Å². The minimum absolute atomic E-state index is 1.15. The molecule has 46 valence electrons. The van der Waals surface area contributed by atoms with E-state index in [1.165, 1.54) is 12.8 Å². The lowest BCUT2D eigenvalue weighted by molar-refractivity contribution is 0.283. The van der Waals surface area contributed by atoms with Crippen molar-refractivity contribution < 1.29 is 0 Å². The van der Waals surface area contributed by atoms with E-state index in [1.807, 2.05) is 7.05 Å². The number of hydrogen-bond acceptors (Lipinski definition) is 2. The van der Waals surface area contributed by atoms with E-state index in [2.05, 4.69) is 22.7 Å². The number of rotatable bonds is 1. The maximum absolute atomic E-state index is 3.05. The van der Waals surface area contributed by atoms with Crippen molar-refractivity contribution in [1.29, 1.82) is 0 Å². The molecule has 0 spiro atoms. The molecule has 1 rings (SSSR count). The fraction of sp³-hybridized carbons (Fsp3) is 0.667. The molecule has 1 heterocycles. The van der Waals surface area contributed by atoms with Crippen LogP contribution in [0.15, 0.2) is 12.3 Å². The zero-order chi connectivity index (χ0) is 5.82. The molecular weight excluding hydrogens is 100 g/mol. The molecule has 1 aliphatic rings. The standard InChI is InChI=1S/C6H12N2/c1-7-8-5-3-2-4-6-8/h3,5,7H,2,4,6H2,1H3. The summed E-state index contributed by atoms with van der Waals surface area (Å²) in [5, 5.41) is 2.09. The molecule has 0 aromatic heterocycles. The fourth-order valence-electron chi connectivity index (χ4n) is 0.842. The number of hydrazine groups is 1. The number of nitrogens with one attached hydrogen (secondary N) is 1. The summed E-state index contributed by atoms with van der Waals surface area (Å²) >= 11 is 0. The van der Waals surface area contributed by atoms with Crippen LogP contribution < -0.4 is 5.43 Å². The van der Waals surface area contributed by atoms with Crippen LogP contribution in [0.2, 0.25) is 0 Å². The Hall–Kier alpha value is -0.500. The van der Waals surface area contributed by atoms with E-state index >= 15 is 0 Å². The molecule has 0 unspecified atom stereocenters. The Morgan fingerprint density at radius 1 is 1.62 bits per heavy atom. The first-order chi connectivity index (χ1) is 3.93. The first-order valence-electron chi connectivity index (χ1n) is 3.04. The SMILES string of the molecule is CNN1C=CCCC1. The summed E-state index contributed by atoms with van der Waals surface area (Å²) in [7, 11) is 1.94. The molecule has 0 aromatic rings. The molecule has 0 aliphatic carbocycles. The Morgan fingerprint density at radius 3 is 2.88 bits per heavy atom. The molecule has 0 saturated heterocycles. The van der Waals surface area contributed by atoms with Gasteiger partial charge < -0.3 is 5.01 Å². The highest BCUT2D eigenvalue weighted by Gasteiger charge is 1.97. The van der Waals surface area contributed by atoms with Crippen molar-refractivity contribution in [3.8, 4) is 0 Å². The van der Waals surface area contributed by atoms with Crippen LogP contribution in [-0.2, 0) is 0 Å². The summed E-state index contributed by atoms with van der Waals surface area (Å²) in [5.74, 6) is 0. The molecule has 0 bridgehead atoms. The van der Waals surface area contributed by atoms with E-state index in [9.17, 15) is 0 Å². The Kier molecular flexibility index (Phi) is 1.92. The molecule has 0 atom stereocenters. The maximum Gasteiger partial charge on any atom is 0.0340 e. The predicted molar refractivity (Wildman–Crippen MR) is 34.1 cm³/mol. The van der Waals surface area contributed by atoms with Gasteiger partial charge in [-0.3, -0.25) is 0 Å². The van der Waals surface area contributed by atoms with Crippen molar-refractivity contribution in [2.24, 2.45) is 0 Å². The minimum Gasteiger partial charge on any atom is -0.316 e. The zero-order valence-corrected chi connectivity index (χ0v) is 5.22. The van der Waals surface area contributed by atoms with Crippen LogP contribution in [0.3, 0.4) is 0 Å². The van der Waals surface area contributed by atoms with Crippen molar-refractivity contribution >= 4 is 0 Å². The van der Waals surface area contributed by atoms with Crippen LogP contribution in [0.25, 0.3) is 0 Å². The summed E-state index contributed by atoms with van der Waals surface area (Å²) < 4.78 is 0. The molecule has 2 heteroatoms. The van der Waals surface area contributed by atoms with E-state index in [4.69, 9.17) is 0 Å². The Morgan fingerprint density at radius 2 is 2.50 bits per heavy atom. The van der Waals surface area contributed by atoms with Crippen molar-refractivity contribution in [2.45, 2.75) is 12.8 Å². The minimum atomic E-state index is 1.15. The van der Waals surface area contributed by atoms with Gasteiger partial charge in [0.2, 0.25) is 0 Å². The van der Waals surface area contributed by atoms with Crippen LogP contribution in [0, 0.1) is 0 Å². The van der Waals surface area contributed by atoms with Gasteiger partial charge in [0.15, 0.2) is 0 Å². The first-order valence-corrected chi connectivity index (χ1v) is 3.04. The van der Waals surface area contributed by atoms with Gasteiger partial charge in [0.25, 0.3) is 0 Å².